The van der Waals surface area contributed by atoms with Gasteiger partial charge in [0.2, 0.25) is 10.0 Å². The molecule has 1 aliphatic rings. The van der Waals surface area contributed by atoms with Crippen molar-refractivity contribution in [3.63, 3.8) is 0 Å². The average molecular weight is 480 g/mol. The number of aryl methyl sites for hydroxylation is 1. The summed E-state index contributed by atoms with van der Waals surface area (Å²) in [4.78, 5) is 7.28. The quantitative estimate of drug-likeness (QED) is 0.438. The number of hydrogen-bond donors (Lipinski definition) is 0. The van der Waals surface area contributed by atoms with Crippen LogP contribution in [-0.2, 0) is 34.4 Å². The van der Waals surface area contributed by atoms with E-state index >= 15 is 0 Å². The number of fused-ring (bicyclic) bond motifs is 1. The normalized spacial score (nSPS) is 15.0. The van der Waals surface area contributed by atoms with Crippen molar-refractivity contribution in [3.8, 4) is 6.07 Å². The molecule has 2 aromatic carbocycles. The summed E-state index contributed by atoms with van der Waals surface area (Å²) in [7, 11) is -3.59. The lowest BCUT2D eigenvalue weighted by molar-refractivity contribution is 0.0730. The molecule has 34 heavy (non-hydrogen) atoms. The number of hydrogen-bond acceptors (Lipinski definition) is 6. The fraction of sp³-hybridized carbons (Fsp3) is 0.360. The molecular weight excluding hydrogens is 450 g/mol. The van der Waals surface area contributed by atoms with Gasteiger partial charge in [-0.3, -0.25) is 4.90 Å². The number of aromatic nitrogens is 2. The van der Waals surface area contributed by atoms with Crippen LogP contribution in [0.2, 0.25) is 0 Å². The number of benzene rings is 2. The number of ether oxygens (including phenoxy) is 1. The third-order valence-corrected chi connectivity index (χ3v) is 7.83. The first-order valence-electron chi connectivity index (χ1n) is 11.4. The van der Waals surface area contributed by atoms with Gasteiger partial charge in [0.15, 0.2) is 0 Å². The molecule has 0 saturated carbocycles. The highest BCUT2D eigenvalue weighted by Gasteiger charge is 2.27. The van der Waals surface area contributed by atoms with E-state index in [2.05, 4.69) is 29.0 Å². The van der Waals surface area contributed by atoms with Crippen molar-refractivity contribution in [2.45, 2.75) is 31.5 Å². The van der Waals surface area contributed by atoms with Crippen LogP contribution in [0.3, 0.4) is 0 Å². The van der Waals surface area contributed by atoms with Crippen molar-refractivity contribution in [2.24, 2.45) is 0 Å². The Kier molecular flexibility index (Phi) is 7.44. The van der Waals surface area contributed by atoms with Crippen LogP contribution < -0.4 is 0 Å². The van der Waals surface area contributed by atoms with E-state index in [1.807, 2.05) is 30.3 Å². The Bertz CT molecular complexity index is 1320. The van der Waals surface area contributed by atoms with Gasteiger partial charge in [-0.25, -0.2) is 13.4 Å². The van der Waals surface area contributed by atoms with Crippen LogP contribution in [0.15, 0.2) is 60.0 Å². The first kappa shape index (κ1) is 24.1. The number of sulfonamides is 1. The maximum atomic E-state index is 13.1. The fourth-order valence-electron chi connectivity index (χ4n) is 4.29. The van der Waals surface area contributed by atoms with E-state index in [0.29, 0.717) is 63.6 Å². The van der Waals surface area contributed by atoms with Gasteiger partial charge >= 0.3 is 0 Å². The molecule has 0 aliphatic carbocycles. The Hall–Kier alpha value is -3.03. The molecule has 9 heteroatoms. The molecule has 1 fully saturated rings. The fourth-order valence-corrected chi connectivity index (χ4v) is 5.72. The topological polar surface area (TPSA) is 91.5 Å². The standard InChI is InChI=1S/C25H29N5O3S/c1-3-10-28(18-21-7-5-6-20(15-21)17-26)19-25-27-23-16-22(8-9-24(23)30(25)4-2)34(31,32)29-11-13-33-14-12-29/h3,5-9,15-16H,1,4,10-14,18-19H2,2H3. The second-order valence-electron chi connectivity index (χ2n) is 8.21. The van der Waals surface area contributed by atoms with E-state index < -0.39 is 10.0 Å². The van der Waals surface area contributed by atoms with E-state index in [0.717, 1.165) is 16.9 Å². The minimum absolute atomic E-state index is 0.255. The Morgan fingerprint density at radius 2 is 2.00 bits per heavy atom. The Balaban J connectivity index is 1.63. The van der Waals surface area contributed by atoms with Gasteiger partial charge in [0.05, 0.1) is 47.3 Å². The number of rotatable bonds is 9. The zero-order valence-corrected chi connectivity index (χ0v) is 20.2. The number of nitriles is 1. The maximum Gasteiger partial charge on any atom is 0.243 e. The van der Waals surface area contributed by atoms with E-state index in [9.17, 15) is 13.7 Å². The highest BCUT2D eigenvalue weighted by Crippen LogP contribution is 2.24. The molecule has 2 heterocycles. The van der Waals surface area contributed by atoms with Crippen molar-refractivity contribution in [2.75, 3.05) is 32.8 Å². The third kappa shape index (κ3) is 5.05. The molecule has 1 aromatic heterocycles. The average Bonchev–Trinajstić information content (AvgIpc) is 3.21. The highest BCUT2D eigenvalue weighted by atomic mass is 32.2. The third-order valence-electron chi connectivity index (χ3n) is 5.94. The van der Waals surface area contributed by atoms with Gasteiger partial charge in [-0.15, -0.1) is 6.58 Å². The van der Waals surface area contributed by atoms with Crippen molar-refractivity contribution >= 4 is 21.1 Å². The summed E-state index contributed by atoms with van der Waals surface area (Å²) in [5.41, 5.74) is 3.24. The number of morpholine rings is 1. The monoisotopic (exact) mass is 479 g/mol. The summed E-state index contributed by atoms with van der Waals surface area (Å²) >= 11 is 0. The van der Waals surface area contributed by atoms with Gasteiger partial charge < -0.3 is 9.30 Å². The molecule has 0 atom stereocenters. The lowest BCUT2D eigenvalue weighted by atomic mass is 10.1. The zero-order chi connectivity index (χ0) is 24.1. The van der Waals surface area contributed by atoms with Gasteiger partial charge in [-0.1, -0.05) is 18.2 Å². The van der Waals surface area contributed by atoms with Crippen molar-refractivity contribution in [1.82, 2.24) is 18.8 Å². The largest absolute Gasteiger partial charge is 0.379 e. The molecular formula is C25H29N5O3S. The van der Waals surface area contributed by atoms with Crippen LogP contribution in [0.5, 0.6) is 0 Å². The smallest absolute Gasteiger partial charge is 0.243 e. The molecule has 0 unspecified atom stereocenters. The van der Waals surface area contributed by atoms with Crippen molar-refractivity contribution < 1.29 is 13.2 Å². The molecule has 1 saturated heterocycles. The van der Waals surface area contributed by atoms with Gasteiger partial charge in [0, 0.05) is 32.7 Å². The number of imidazole rings is 1. The molecule has 0 bridgehead atoms. The van der Waals surface area contributed by atoms with Gasteiger partial charge in [0.25, 0.3) is 0 Å². The molecule has 3 aromatic rings. The van der Waals surface area contributed by atoms with Gasteiger partial charge in [-0.2, -0.15) is 9.57 Å². The van der Waals surface area contributed by atoms with Gasteiger partial charge in [-0.05, 0) is 42.8 Å². The first-order chi connectivity index (χ1) is 16.5. The zero-order valence-electron chi connectivity index (χ0n) is 19.4. The highest BCUT2D eigenvalue weighted by molar-refractivity contribution is 7.89. The number of nitrogens with zero attached hydrogens (tertiary/aromatic N) is 5. The maximum absolute atomic E-state index is 13.1. The molecule has 178 valence electrons. The van der Waals surface area contributed by atoms with Crippen LogP contribution in [0, 0.1) is 11.3 Å². The summed E-state index contributed by atoms with van der Waals surface area (Å²) in [6, 6.07) is 14.9. The summed E-state index contributed by atoms with van der Waals surface area (Å²) in [5.74, 6) is 0.858. The summed E-state index contributed by atoms with van der Waals surface area (Å²) in [6.45, 7) is 10.1. The summed E-state index contributed by atoms with van der Waals surface area (Å²) in [6.07, 6.45) is 1.85. The minimum Gasteiger partial charge on any atom is -0.379 e. The van der Waals surface area contributed by atoms with Gasteiger partial charge in [0.1, 0.15) is 5.82 Å². The Labute approximate surface area is 200 Å². The van der Waals surface area contributed by atoms with E-state index in [1.165, 1.54) is 4.31 Å². The van der Waals surface area contributed by atoms with Crippen LogP contribution in [0.4, 0.5) is 0 Å². The Morgan fingerprint density at radius 1 is 1.21 bits per heavy atom. The second-order valence-corrected chi connectivity index (χ2v) is 10.1. The predicted octanol–water partition coefficient (Wildman–Crippen LogP) is 3.14. The predicted molar refractivity (Wildman–Crippen MR) is 130 cm³/mol. The molecule has 0 N–H and O–H groups in total. The van der Waals surface area contributed by atoms with Crippen LogP contribution in [-0.4, -0.2) is 60.0 Å². The molecule has 8 nitrogen and oxygen atoms in total. The summed E-state index contributed by atoms with van der Waals surface area (Å²) in [5, 5.41) is 9.20. The SMILES string of the molecule is C=CCN(Cc1cccc(C#N)c1)Cc1nc2cc(S(=O)(=O)N3CCOCC3)ccc2n1CC. The summed E-state index contributed by atoms with van der Waals surface area (Å²) < 4.78 is 35.1. The van der Waals surface area contributed by atoms with Crippen LogP contribution in [0.1, 0.15) is 23.9 Å². The Morgan fingerprint density at radius 3 is 2.71 bits per heavy atom. The second kappa shape index (κ2) is 10.5. The molecule has 0 radical (unpaired) electrons. The van der Waals surface area contributed by atoms with Crippen LogP contribution in [0.25, 0.3) is 11.0 Å². The van der Waals surface area contributed by atoms with Crippen molar-refractivity contribution in [1.29, 1.82) is 5.26 Å². The van der Waals surface area contributed by atoms with E-state index in [4.69, 9.17) is 9.72 Å². The molecule has 1 aliphatic heterocycles. The van der Waals surface area contributed by atoms with Crippen molar-refractivity contribution in [3.05, 3.63) is 72.1 Å². The lowest BCUT2D eigenvalue weighted by Crippen LogP contribution is -2.40. The van der Waals surface area contributed by atoms with E-state index in [1.54, 1.807) is 18.2 Å². The molecule has 0 amide bonds. The minimum atomic E-state index is -3.59. The molecule has 4 rings (SSSR count). The van der Waals surface area contributed by atoms with Crippen LogP contribution >= 0.6 is 0 Å². The lowest BCUT2D eigenvalue weighted by Gasteiger charge is -2.26. The molecule has 0 spiro atoms. The first-order valence-corrected chi connectivity index (χ1v) is 12.8. The van der Waals surface area contributed by atoms with E-state index in [-0.39, 0.29) is 4.90 Å².